The minimum atomic E-state index is 0.106. The van der Waals surface area contributed by atoms with Gasteiger partial charge in [0.2, 0.25) is 0 Å². The number of benzene rings is 2. The van der Waals surface area contributed by atoms with Crippen LogP contribution in [-0.2, 0) is 9.47 Å². The van der Waals surface area contributed by atoms with Crippen molar-refractivity contribution in [2.24, 2.45) is 0 Å². The number of rotatable bonds is 4. The average molecular weight is 495 g/mol. The molecule has 5 rings (SSSR count). The molecular formula is C28H28Cl2N2O2. The van der Waals surface area contributed by atoms with Crippen molar-refractivity contribution >= 4 is 40.0 Å². The first kappa shape index (κ1) is 23.4. The van der Waals surface area contributed by atoms with Gasteiger partial charge in [-0.15, -0.1) is 0 Å². The van der Waals surface area contributed by atoms with E-state index in [-0.39, 0.29) is 11.8 Å². The maximum atomic E-state index is 6.61. The van der Waals surface area contributed by atoms with Crippen molar-refractivity contribution in [2.75, 3.05) is 45.9 Å². The van der Waals surface area contributed by atoms with Crippen molar-refractivity contribution < 1.29 is 9.47 Å². The van der Waals surface area contributed by atoms with Gasteiger partial charge in [0, 0.05) is 73.3 Å². The lowest BCUT2D eigenvalue weighted by atomic mass is 9.82. The van der Waals surface area contributed by atoms with Gasteiger partial charge in [-0.2, -0.15) is 0 Å². The fraction of sp³-hybridized carbons (Fsp3) is 0.321. The van der Waals surface area contributed by atoms with Crippen molar-refractivity contribution in [3.8, 4) is 0 Å². The summed E-state index contributed by atoms with van der Waals surface area (Å²) in [5.74, 6) is 0.213. The molecule has 1 aliphatic heterocycles. The lowest BCUT2D eigenvalue weighted by Crippen LogP contribution is -2.24. The van der Waals surface area contributed by atoms with Gasteiger partial charge in [0.25, 0.3) is 0 Å². The lowest BCUT2D eigenvalue weighted by Gasteiger charge is -2.31. The molecule has 0 fully saturated rings. The number of fused-ring (bicyclic) bond motifs is 3. The maximum Gasteiger partial charge on any atom is 0.0537 e. The molecule has 0 saturated carbocycles. The first-order valence-corrected chi connectivity index (χ1v) is 12.2. The van der Waals surface area contributed by atoms with Gasteiger partial charge in [0.05, 0.1) is 13.2 Å². The predicted octanol–water partition coefficient (Wildman–Crippen LogP) is 6.66. The Kier molecular flexibility index (Phi) is 6.67. The van der Waals surface area contributed by atoms with Crippen molar-refractivity contribution in [2.45, 2.75) is 18.3 Å². The Balaban J connectivity index is 1.91. The third-order valence-electron chi connectivity index (χ3n) is 7.08. The topological polar surface area (TPSA) is 34.6 Å². The van der Waals surface area contributed by atoms with Crippen LogP contribution in [0.5, 0.6) is 0 Å². The SMILES string of the molecule is COC[C@H]1c2ccc(Cl)cc2C(=C2CCN(C)c3ccncc32)c2cc(Cl)ccc2[C@@H]1COC. The van der Waals surface area contributed by atoms with Crippen LogP contribution >= 0.6 is 23.2 Å². The summed E-state index contributed by atoms with van der Waals surface area (Å²) in [5, 5.41) is 1.42. The molecule has 1 aliphatic carbocycles. The molecule has 0 N–H and O–H groups in total. The molecule has 2 heterocycles. The van der Waals surface area contributed by atoms with Gasteiger partial charge in [-0.25, -0.2) is 0 Å². The minimum absolute atomic E-state index is 0.106. The molecule has 0 bridgehead atoms. The van der Waals surface area contributed by atoms with Gasteiger partial charge in [-0.05, 0) is 70.2 Å². The van der Waals surface area contributed by atoms with Gasteiger partial charge >= 0.3 is 0 Å². The van der Waals surface area contributed by atoms with E-state index in [1.165, 1.54) is 28.0 Å². The summed E-state index contributed by atoms with van der Waals surface area (Å²) in [5.41, 5.74) is 9.47. The molecule has 0 spiro atoms. The number of aromatic nitrogens is 1. The van der Waals surface area contributed by atoms with Crippen molar-refractivity contribution in [3.63, 3.8) is 0 Å². The highest BCUT2D eigenvalue weighted by Gasteiger charge is 2.36. The van der Waals surface area contributed by atoms with Crippen LogP contribution in [0.1, 0.15) is 46.1 Å². The molecule has 176 valence electrons. The fourth-order valence-corrected chi connectivity index (χ4v) is 5.90. The number of hydrogen-bond acceptors (Lipinski definition) is 4. The fourth-order valence-electron chi connectivity index (χ4n) is 5.56. The first-order valence-electron chi connectivity index (χ1n) is 11.5. The van der Waals surface area contributed by atoms with E-state index >= 15 is 0 Å². The van der Waals surface area contributed by atoms with Crippen LogP contribution in [0.15, 0.2) is 54.9 Å². The minimum Gasteiger partial charge on any atom is -0.384 e. The van der Waals surface area contributed by atoms with E-state index in [1.807, 2.05) is 24.5 Å². The maximum absolute atomic E-state index is 6.61. The van der Waals surface area contributed by atoms with Crippen LogP contribution in [0.3, 0.4) is 0 Å². The van der Waals surface area contributed by atoms with Crippen LogP contribution in [0, 0.1) is 0 Å². The second-order valence-electron chi connectivity index (χ2n) is 9.00. The summed E-state index contributed by atoms with van der Waals surface area (Å²) in [7, 11) is 5.64. The predicted molar refractivity (Wildman–Crippen MR) is 140 cm³/mol. The zero-order chi connectivity index (χ0) is 23.8. The van der Waals surface area contributed by atoms with Crippen LogP contribution in [0.4, 0.5) is 5.69 Å². The van der Waals surface area contributed by atoms with Crippen molar-refractivity contribution in [3.05, 3.63) is 92.7 Å². The van der Waals surface area contributed by atoms with E-state index in [2.05, 4.69) is 47.3 Å². The van der Waals surface area contributed by atoms with Crippen LogP contribution in [-0.4, -0.2) is 46.0 Å². The average Bonchev–Trinajstić information content (AvgIpc) is 2.93. The number of halogens is 2. The van der Waals surface area contributed by atoms with Gasteiger partial charge in [0.1, 0.15) is 0 Å². The van der Waals surface area contributed by atoms with Gasteiger partial charge in [-0.3, -0.25) is 4.98 Å². The molecular weight excluding hydrogens is 467 g/mol. The van der Waals surface area contributed by atoms with E-state index in [1.54, 1.807) is 14.2 Å². The van der Waals surface area contributed by atoms with E-state index < -0.39 is 0 Å². The lowest BCUT2D eigenvalue weighted by molar-refractivity contribution is 0.127. The molecule has 0 amide bonds. The van der Waals surface area contributed by atoms with Crippen LogP contribution in [0.25, 0.3) is 11.1 Å². The molecule has 2 atom stereocenters. The highest BCUT2D eigenvalue weighted by Crippen LogP contribution is 2.50. The Morgan fingerprint density at radius 3 is 2.03 bits per heavy atom. The van der Waals surface area contributed by atoms with Crippen molar-refractivity contribution in [1.29, 1.82) is 0 Å². The zero-order valence-electron chi connectivity index (χ0n) is 19.6. The molecule has 6 heteroatoms. The standard InChI is InChI=1S/C28H28Cl2N2O2/c1-32-11-9-21(24-14-31-10-8-27(24)32)28-22-12-17(29)4-6-19(22)25(15-33-2)26(16-34-3)20-7-5-18(30)13-23(20)28/h4-8,10,12-14,25-26H,9,11,15-16H2,1-3H3/t25-,26-/m0/s1. The van der Waals surface area contributed by atoms with Gasteiger partial charge < -0.3 is 14.4 Å². The highest BCUT2D eigenvalue weighted by atomic mass is 35.5. The second-order valence-corrected chi connectivity index (χ2v) is 9.88. The number of anilines is 1. The Hall–Kier alpha value is -2.37. The molecule has 3 aromatic rings. The Morgan fingerprint density at radius 1 is 0.882 bits per heavy atom. The quantitative estimate of drug-likeness (QED) is 0.406. The molecule has 0 unspecified atom stereocenters. The number of methoxy groups -OCH3 is 2. The number of ether oxygens (including phenoxy) is 2. The zero-order valence-corrected chi connectivity index (χ0v) is 21.2. The van der Waals surface area contributed by atoms with Crippen LogP contribution < -0.4 is 4.90 Å². The monoisotopic (exact) mass is 494 g/mol. The molecule has 1 aromatic heterocycles. The summed E-state index contributed by atoms with van der Waals surface area (Å²) in [6.07, 6.45) is 4.73. The van der Waals surface area contributed by atoms with E-state index in [9.17, 15) is 0 Å². The van der Waals surface area contributed by atoms with E-state index in [0.29, 0.717) is 23.3 Å². The Morgan fingerprint density at radius 2 is 1.47 bits per heavy atom. The second kappa shape index (κ2) is 9.71. The third-order valence-corrected chi connectivity index (χ3v) is 7.55. The largest absolute Gasteiger partial charge is 0.384 e. The summed E-state index contributed by atoms with van der Waals surface area (Å²) >= 11 is 13.2. The van der Waals surface area contributed by atoms with Gasteiger partial charge in [-0.1, -0.05) is 35.3 Å². The van der Waals surface area contributed by atoms with E-state index in [0.717, 1.165) is 29.7 Å². The Labute approximate surface area is 211 Å². The molecule has 34 heavy (non-hydrogen) atoms. The highest BCUT2D eigenvalue weighted by molar-refractivity contribution is 6.31. The Bertz CT molecular complexity index is 1190. The molecule has 2 aliphatic rings. The third kappa shape index (κ3) is 4.03. The smallest absolute Gasteiger partial charge is 0.0537 e. The molecule has 0 radical (unpaired) electrons. The normalized spacial score (nSPS) is 19.4. The summed E-state index contributed by atoms with van der Waals surface area (Å²) in [4.78, 5) is 6.77. The molecule has 4 nitrogen and oxygen atoms in total. The van der Waals surface area contributed by atoms with E-state index in [4.69, 9.17) is 32.7 Å². The van der Waals surface area contributed by atoms with Gasteiger partial charge in [0.15, 0.2) is 0 Å². The summed E-state index contributed by atoms with van der Waals surface area (Å²) in [6.45, 7) is 2.08. The summed E-state index contributed by atoms with van der Waals surface area (Å²) < 4.78 is 11.5. The molecule has 2 aromatic carbocycles. The number of pyridine rings is 1. The molecule has 0 saturated heterocycles. The van der Waals surface area contributed by atoms with Crippen molar-refractivity contribution in [1.82, 2.24) is 4.98 Å². The number of nitrogens with zero attached hydrogens (tertiary/aromatic N) is 2. The first-order chi connectivity index (χ1) is 16.5. The summed E-state index contributed by atoms with van der Waals surface area (Å²) in [6, 6.07) is 14.5. The number of hydrogen-bond donors (Lipinski definition) is 0. The van der Waals surface area contributed by atoms with Crippen LogP contribution in [0.2, 0.25) is 10.0 Å².